The molecule has 1 heterocycles. The lowest BCUT2D eigenvalue weighted by Crippen LogP contribution is -2.40. The maximum absolute atomic E-state index is 5.55. The number of hydrogen-bond donors (Lipinski definition) is 1. The average Bonchev–Trinajstić information content (AvgIpc) is 3.15. The molecule has 1 aliphatic heterocycles. The minimum Gasteiger partial charge on any atom is -0.496 e. The average molecular weight is 301 g/mol. The second-order valence-corrected chi connectivity index (χ2v) is 6.34. The van der Waals surface area contributed by atoms with E-state index in [0.29, 0.717) is 0 Å². The number of rotatable bonds is 5. The van der Waals surface area contributed by atoms with Gasteiger partial charge in [0.15, 0.2) is 5.96 Å². The Morgan fingerprint density at radius 2 is 2.00 bits per heavy atom. The minimum absolute atomic E-state index is 0.187. The Kier molecular flexibility index (Phi) is 4.55. The third kappa shape index (κ3) is 3.06. The smallest absolute Gasteiger partial charge is 0.193 e. The van der Waals surface area contributed by atoms with Crippen molar-refractivity contribution in [2.75, 3.05) is 33.3 Å². The number of para-hydroxylation sites is 1. The zero-order chi connectivity index (χ0) is 15.4. The lowest BCUT2D eigenvalue weighted by Gasteiger charge is -2.23. The van der Waals surface area contributed by atoms with Crippen LogP contribution in [-0.4, -0.2) is 44.1 Å². The molecule has 120 valence electrons. The Labute approximate surface area is 133 Å². The van der Waals surface area contributed by atoms with Crippen LogP contribution in [0.1, 0.15) is 38.2 Å². The van der Waals surface area contributed by atoms with E-state index in [-0.39, 0.29) is 5.41 Å². The van der Waals surface area contributed by atoms with Crippen LogP contribution in [0.5, 0.6) is 5.75 Å². The Balaban J connectivity index is 1.77. The first-order valence-corrected chi connectivity index (χ1v) is 8.46. The summed E-state index contributed by atoms with van der Waals surface area (Å²) >= 11 is 0. The molecule has 0 bridgehead atoms. The van der Waals surface area contributed by atoms with Gasteiger partial charge < -0.3 is 15.0 Å². The molecule has 1 aliphatic carbocycles. The van der Waals surface area contributed by atoms with Crippen LogP contribution in [0.15, 0.2) is 29.3 Å². The van der Waals surface area contributed by atoms with E-state index < -0.39 is 0 Å². The van der Waals surface area contributed by atoms with Gasteiger partial charge in [0.05, 0.1) is 13.7 Å². The standard InChI is InChI=1S/C18H27N3O/c1-3-19-17(21-12-6-7-13-21)20-14-18(10-11-18)15-8-4-5-9-16(15)22-2/h4-5,8-9H,3,6-7,10-14H2,1-2H3,(H,19,20). The SMILES string of the molecule is CCNC(=NCC1(c2ccccc2OC)CC1)N1CCCC1. The Morgan fingerprint density at radius 3 is 2.64 bits per heavy atom. The zero-order valence-electron chi connectivity index (χ0n) is 13.8. The van der Waals surface area contributed by atoms with Crippen LogP contribution in [0.2, 0.25) is 0 Å². The van der Waals surface area contributed by atoms with E-state index in [9.17, 15) is 0 Å². The fourth-order valence-electron chi connectivity index (χ4n) is 3.33. The van der Waals surface area contributed by atoms with E-state index in [1.165, 1.54) is 31.2 Å². The van der Waals surface area contributed by atoms with Crippen LogP contribution >= 0.6 is 0 Å². The van der Waals surface area contributed by atoms with Crippen molar-refractivity contribution in [3.05, 3.63) is 29.8 Å². The summed E-state index contributed by atoms with van der Waals surface area (Å²) in [7, 11) is 1.76. The molecule has 22 heavy (non-hydrogen) atoms. The van der Waals surface area contributed by atoms with E-state index in [1.54, 1.807) is 7.11 Å². The van der Waals surface area contributed by atoms with E-state index in [1.807, 2.05) is 6.07 Å². The van der Waals surface area contributed by atoms with Gasteiger partial charge in [0.1, 0.15) is 5.75 Å². The molecule has 1 aromatic carbocycles. The van der Waals surface area contributed by atoms with Gasteiger partial charge in [-0.25, -0.2) is 0 Å². The molecule has 2 aliphatic rings. The number of nitrogens with zero attached hydrogens (tertiary/aromatic N) is 2. The summed E-state index contributed by atoms with van der Waals surface area (Å²) in [4.78, 5) is 7.35. The topological polar surface area (TPSA) is 36.9 Å². The molecule has 0 unspecified atom stereocenters. The lowest BCUT2D eigenvalue weighted by molar-refractivity contribution is 0.404. The first-order valence-electron chi connectivity index (χ1n) is 8.46. The summed E-state index contributed by atoms with van der Waals surface area (Å²) in [5, 5.41) is 3.45. The number of benzene rings is 1. The molecule has 4 heteroatoms. The number of likely N-dealkylation sites (tertiary alicyclic amines) is 1. The number of guanidine groups is 1. The van der Waals surface area contributed by atoms with E-state index in [0.717, 1.165) is 37.9 Å². The fourth-order valence-corrected chi connectivity index (χ4v) is 3.33. The first-order chi connectivity index (χ1) is 10.8. The van der Waals surface area contributed by atoms with Crippen LogP contribution in [0.3, 0.4) is 0 Å². The van der Waals surface area contributed by atoms with Crippen molar-refractivity contribution in [3.63, 3.8) is 0 Å². The molecule has 1 N–H and O–H groups in total. The van der Waals surface area contributed by atoms with Crippen LogP contribution in [0, 0.1) is 0 Å². The maximum atomic E-state index is 5.55. The molecule has 3 rings (SSSR count). The van der Waals surface area contributed by atoms with Gasteiger partial charge in [0.2, 0.25) is 0 Å². The Morgan fingerprint density at radius 1 is 1.27 bits per heavy atom. The maximum Gasteiger partial charge on any atom is 0.193 e. The van der Waals surface area contributed by atoms with Crippen molar-refractivity contribution >= 4 is 5.96 Å². The Hall–Kier alpha value is -1.71. The summed E-state index contributed by atoms with van der Waals surface area (Å²) in [5.41, 5.74) is 1.51. The third-order valence-electron chi connectivity index (χ3n) is 4.80. The molecular formula is C18H27N3O. The number of aliphatic imine (C=N–C) groups is 1. The zero-order valence-corrected chi connectivity index (χ0v) is 13.8. The van der Waals surface area contributed by atoms with Gasteiger partial charge in [0.25, 0.3) is 0 Å². The van der Waals surface area contributed by atoms with Crippen molar-refractivity contribution in [2.24, 2.45) is 4.99 Å². The number of methoxy groups -OCH3 is 1. The molecule has 0 aromatic heterocycles. The number of hydrogen-bond acceptors (Lipinski definition) is 2. The second kappa shape index (κ2) is 6.59. The second-order valence-electron chi connectivity index (χ2n) is 6.34. The number of ether oxygens (including phenoxy) is 1. The van der Waals surface area contributed by atoms with Gasteiger partial charge in [-0.05, 0) is 38.7 Å². The van der Waals surface area contributed by atoms with Crippen LogP contribution in [0.25, 0.3) is 0 Å². The van der Waals surface area contributed by atoms with Gasteiger partial charge in [-0.1, -0.05) is 18.2 Å². The van der Waals surface area contributed by atoms with Gasteiger partial charge in [-0.2, -0.15) is 0 Å². The van der Waals surface area contributed by atoms with E-state index in [2.05, 4.69) is 35.3 Å². The summed E-state index contributed by atoms with van der Waals surface area (Å²) < 4.78 is 5.55. The molecule has 1 aromatic rings. The van der Waals surface area contributed by atoms with Crippen LogP contribution in [0.4, 0.5) is 0 Å². The number of nitrogens with one attached hydrogen (secondary N) is 1. The molecule has 0 spiro atoms. The summed E-state index contributed by atoms with van der Waals surface area (Å²) in [6.45, 7) is 6.18. The molecule has 0 radical (unpaired) electrons. The van der Waals surface area contributed by atoms with Crippen LogP contribution in [-0.2, 0) is 5.41 Å². The third-order valence-corrected chi connectivity index (χ3v) is 4.80. The monoisotopic (exact) mass is 301 g/mol. The normalized spacial score (nSPS) is 20.1. The fraction of sp³-hybridized carbons (Fsp3) is 0.611. The molecule has 1 saturated carbocycles. The van der Waals surface area contributed by atoms with Gasteiger partial charge >= 0.3 is 0 Å². The van der Waals surface area contributed by atoms with Crippen molar-refractivity contribution < 1.29 is 4.74 Å². The molecule has 0 amide bonds. The highest BCUT2D eigenvalue weighted by Gasteiger charge is 2.46. The molecule has 2 fully saturated rings. The lowest BCUT2D eigenvalue weighted by atomic mass is 9.95. The van der Waals surface area contributed by atoms with Crippen LogP contribution < -0.4 is 10.1 Å². The highest BCUT2D eigenvalue weighted by atomic mass is 16.5. The van der Waals surface area contributed by atoms with Crippen molar-refractivity contribution in [1.82, 2.24) is 10.2 Å². The predicted molar refractivity (Wildman–Crippen MR) is 90.7 cm³/mol. The molecule has 0 atom stereocenters. The largest absolute Gasteiger partial charge is 0.496 e. The van der Waals surface area contributed by atoms with E-state index in [4.69, 9.17) is 9.73 Å². The summed E-state index contributed by atoms with van der Waals surface area (Å²) in [6, 6.07) is 8.40. The van der Waals surface area contributed by atoms with E-state index >= 15 is 0 Å². The highest BCUT2D eigenvalue weighted by Crippen LogP contribution is 2.51. The van der Waals surface area contributed by atoms with Gasteiger partial charge in [-0.15, -0.1) is 0 Å². The van der Waals surface area contributed by atoms with Crippen molar-refractivity contribution in [3.8, 4) is 5.75 Å². The summed E-state index contributed by atoms with van der Waals surface area (Å²) in [6.07, 6.45) is 4.97. The Bertz CT molecular complexity index is 531. The van der Waals surface area contributed by atoms with Gasteiger partial charge in [0, 0.05) is 30.6 Å². The molecular weight excluding hydrogens is 274 g/mol. The first kappa shape index (κ1) is 15.2. The predicted octanol–water partition coefficient (Wildman–Crippen LogP) is 2.79. The van der Waals surface area contributed by atoms with Crippen molar-refractivity contribution in [1.29, 1.82) is 0 Å². The molecule has 1 saturated heterocycles. The minimum atomic E-state index is 0.187. The summed E-state index contributed by atoms with van der Waals surface area (Å²) in [5.74, 6) is 2.09. The molecule has 4 nitrogen and oxygen atoms in total. The quantitative estimate of drug-likeness (QED) is 0.671. The van der Waals surface area contributed by atoms with Crippen molar-refractivity contribution in [2.45, 2.75) is 38.0 Å². The van der Waals surface area contributed by atoms with Gasteiger partial charge in [-0.3, -0.25) is 4.99 Å². The highest BCUT2D eigenvalue weighted by molar-refractivity contribution is 5.80.